The summed E-state index contributed by atoms with van der Waals surface area (Å²) in [5.74, 6) is 1.30. The van der Waals surface area contributed by atoms with Crippen LogP contribution < -0.4 is 5.32 Å². The maximum atomic E-state index is 12.7. The average molecular weight is 410 g/mol. The summed E-state index contributed by atoms with van der Waals surface area (Å²) in [5, 5.41) is 8.75. The van der Waals surface area contributed by atoms with Gasteiger partial charge >= 0.3 is 0 Å². The van der Waals surface area contributed by atoms with Gasteiger partial charge in [-0.1, -0.05) is 25.0 Å². The van der Waals surface area contributed by atoms with Gasteiger partial charge in [0.15, 0.2) is 0 Å². The van der Waals surface area contributed by atoms with Crippen LogP contribution in [0.3, 0.4) is 0 Å². The van der Waals surface area contributed by atoms with E-state index in [0.717, 1.165) is 50.1 Å². The van der Waals surface area contributed by atoms with E-state index in [-0.39, 0.29) is 5.91 Å². The summed E-state index contributed by atoms with van der Waals surface area (Å²) >= 11 is 1.79. The molecule has 1 aliphatic carbocycles. The average Bonchev–Trinajstić information content (AvgIpc) is 3.48. The number of hydrogen-bond donors (Lipinski definition) is 1. The van der Waals surface area contributed by atoms with Crippen LogP contribution in [0.4, 0.5) is 5.82 Å². The minimum atomic E-state index is 0.0506. The third-order valence-electron chi connectivity index (χ3n) is 6.14. The number of thiazole rings is 1. The molecule has 1 N–H and O–H groups in total. The van der Waals surface area contributed by atoms with Gasteiger partial charge in [-0.25, -0.2) is 9.67 Å². The molecule has 7 heteroatoms. The molecule has 3 heterocycles. The van der Waals surface area contributed by atoms with Crippen molar-refractivity contribution in [2.24, 2.45) is 0 Å². The van der Waals surface area contributed by atoms with Crippen molar-refractivity contribution in [2.75, 3.05) is 25.0 Å². The van der Waals surface area contributed by atoms with E-state index in [0.29, 0.717) is 18.5 Å². The first-order chi connectivity index (χ1) is 14.3. The van der Waals surface area contributed by atoms with E-state index >= 15 is 0 Å². The number of carbonyl (C=O) groups excluding carboxylic acids is 1. The molecule has 0 radical (unpaired) electrons. The van der Waals surface area contributed by atoms with E-state index in [4.69, 9.17) is 4.98 Å². The van der Waals surface area contributed by atoms with E-state index in [1.807, 2.05) is 16.8 Å². The number of aromatic nitrogens is 3. The first-order valence-corrected chi connectivity index (χ1v) is 11.5. The van der Waals surface area contributed by atoms with Crippen LogP contribution in [0, 0.1) is 0 Å². The molecule has 2 aromatic heterocycles. The first kappa shape index (κ1) is 18.8. The summed E-state index contributed by atoms with van der Waals surface area (Å²) in [6.07, 6.45) is 8.84. The molecule has 2 fully saturated rings. The summed E-state index contributed by atoms with van der Waals surface area (Å²) in [6.45, 7) is 2.29. The van der Waals surface area contributed by atoms with Gasteiger partial charge in [0.05, 0.1) is 34.0 Å². The Morgan fingerprint density at radius 3 is 2.86 bits per heavy atom. The summed E-state index contributed by atoms with van der Waals surface area (Å²) in [4.78, 5) is 19.8. The number of benzene rings is 1. The largest absolute Gasteiger partial charge is 0.310 e. The van der Waals surface area contributed by atoms with E-state index in [1.165, 1.54) is 22.5 Å². The van der Waals surface area contributed by atoms with Crippen molar-refractivity contribution >= 4 is 33.3 Å². The van der Waals surface area contributed by atoms with Gasteiger partial charge in [0, 0.05) is 18.5 Å². The quantitative estimate of drug-likeness (QED) is 0.677. The molecule has 5 rings (SSSR count). The van der Waals surface area contributed by atoms with Crippen LogP contribution in [0.5, 0.6) is 0 Å². The lowest BCUT2D eigenvalue weighted by Crippen LogP contribution is -2.40. The van der Waals surface area contributed by atoms with Gasteiger partial charge in [-0.05, 0) is 44.4 Å². The molecule has 1 aliphatic heterocycles. The van der Waals surface area contributed by atoms with E-state index in [2.05, 4.69) is 33.5 Å². The van der Waals surface area contributed by atoms with Gasteiger partial charge in [-0.15, -0.1) is 11.3 Å². The predicted molar refractivity (Wildman–Crippen MR) is 116 cm³/mol. The molecule has 1 atom stereocenters. The summed E-state index contributed by atoms with van der Waals surface area (Å²) < 4.78 is 3.25. The Balaban J connectivity index is 1.21. The number of fused-ring (bicyclic) bond motifs is 1. The van der Waals surface area contributed by atoms with Crippen molar-refractivity contribution in [2.45, 2.75) is 50.5 Å². The number of amides is 1. The fourth-order valence-electron chi connectivity index (χ4n) is 4.70. The van der Waals surface area contributed by atoms with Crippen LogP contribution >= 0.6 is 11.3 Å². The van der Waals surface area contributed by atoms with Crippen LogP contribution in [0.15, 0.2) is 36.5 Å². The van der Waals surface area contributed by atoms with Crippen LogP contribution in [0.1, 0.15) is 55.5 Å². The van der Waals surface area contributed by atoms with E-state index in [9.17, 15) is 4.79 Å². The number of rotatable bonds is 5. The second kappa shape index (κ2) is 8.24. The topological polar surface area (TPSA) is 63.1 Å². The summed E-state index contributed by atoms with van der Waals surface area (Å²) in [5.41, 5.74) is 1.09. The van der Waals surface area contributed by atoms with Gasteiger partial charge in [-0.3, -0.25) is 9.69 Å². The van der Waals surface area contributed by atoms with Crippen LogP contribution in [-0.2, 0) is 4.79 Å². The molecular weight excluding hydrogens is 382 g/mol. The van der Waals surface area contributed by atoms with Crippen molar-refractivity contribution < 1.29 is 4.79 Å². The Hall–Kier alpha value is -2.25. The molecule has 1 aromatic carbocycles. The zero-order valence-electron chi connectivity index (χ0n) is 16.6. The standard InChI is InChI=1S/C22H27N5OS/c28-21(25-20-11-12-23-27(20)17-7-1-2-8-17)15-26-13-5-6-16(14-26)22-24-18-9-3-4-10-19(18)29-22/h3-4,9-12,16-17H,1-2,5-8,13-15H2,(H,25,28). The lowest BCUT2D eigenvalue weighted by atomic mass is 9.99. The second-order valence-corrected chi connectivity index (χ2v) is 9.30. The maximum Gasteiger partial charge on any atom is 0.239 e. The molecule has 3 aromatic rings. The molecular formula is C22H27N5OS. The van der Waals surface area contributed by atoms with Gasteiger partial charge < -0.3 is 5.32 Å². The normalized spacial score (nSPS) is 21.0. The summed E-state index contributed by atoms with van der Waals surface area (Å²) in [7, 11) is 0. The SMILES string of the molecule is O=C(CN1CCCC(c2nc3ccccc3s2)C1)Nc1ccnn1C1CCCC1. The number of para-hydroxylation sites is 1. The Morgan fingerprint density at radius 1 is 1.14 bits per heavy atom. The van der Waals surface area contributed by atoms with E-state index in [1.54, 1.807) is 17.5 Å². The Labute approximate surface area is 174 Å². The van der Waals surface area contributed by atoms with Crippen molar-refractivity contribution in [3.05, 3.63) is 41.5 Å². The lowest BCUT2D eigenvalue weighted by molar-refractivity contribution is -0.117. The molecule has 6 nitrogen and oxygen atoms in total. The van der Waals surface area contributed by atoms with Gasteiger partial charge in [0.1, 0.15) is 5.82 Å². The lowest BCUT2D eigenvalue weighted by Gasteiger charge is -2.31. The van der Waals surface area contributed by atoms with Crippen molar-refractivity contribution in [3.63, 3.8) is 0 Å². The highest BCUT2D eigenvalue weighted by Gasteiger charge is 2.26. The second-order valence-electron chi connectivity index (χ2n) is 8.24. The van der Waals surface area contributed by atoms with Gasteiger partial charge in [0.2, 0.25) is 5.91 Å². The highest BCUT2D eigenvalue weighted by molar-refractivity contribution is 7.18. The van der Waals surface area contributed by atoms with Crippen LogP contribution in [-0.4, -0.2) is 45.2 Å². The molecule has 0 bridgehead atoms. The minimum Gasteiger partial charge on any atom is -0.310 e. The van der Waals surface area contributed by atoms with Gasteiger partial charge in [-0.2, -0.15) is 5.10 Å². The molecule has 1 unspecified atom stereocenters. The third kappa shape index (κ3) is 4.07. The fraction of sp³-hybridized carbons (Fsp3) is 0.500. The molecule has 0 spiro atoms. The Kier molecular flexibility index (Phi) is 5.33. The van der Waals surface area contributed by atoms with Crippen molar-refractivity contribution in [1.82, 2.24) is 19.7 Å². The van der Waals surface area contributed by atoms with Crippen molar-refractivity contribution in [3.8, 4) is 0 Å². The van der Waals surface area contributed by atoms with Crippen molar-refractivity contribution in [1.29, 1.82) is 0 Å². The molecule has 2 aliphatic rings. The zero-order valence-corrected chi connectivity index (χ0v) is 17.4. The van der Waals surface area contributed by atoms with Crippen LogP contribution in [0.25, 0.3) is 10.2 Å². The fourth-order valence-corrected chi connectivity index (χ4v) is 5.80. The number of nitrogens with zero attached hydrogens (tertiary/aromatic N) is 4. The molecule has 1 saturated heterocycles. The van der Waals surface area contributed by atoms with Crippen LogP contribution in [0.2, 0.25) is 0 Å². The van der Waals surface area contributed by atoms with Gasteiger partial charge in [0.25, 0.3) is 0 Å². The molecule has 1 amide bonds. The first-order valence-electron chi connectivity index (χ1n) is 10.7. The third-order valence-corrected chi connectivity index (χ3v) is 7.34. The number of piperidine rings is 1. The Morgan fingerprint density at radius 2 is 2.00 bits per heavy atom. The highest BCUT2D eigenvalue weighted by Crippen LogP contribution is 2.33. The number of hydrogen-bond acceptors (Lipinski definition) is 5. The minimum absolute atomic E-state index is 0.0506. The monoisotopic (exact) mass is 409 g/mol. The number of likely N-dealkylation sites (tertiary alicyclic amines) is 1. The smallest absolute Gasteiger partial charge is 0.239 e. The molecule has 1 saturated carbocycles. The highest BCUT2D eigenvalue weighted by atomic mass is 32.1. The predicted octanol–water partition coefficient (Wildman–Crippen LogP) is 4.43. The zero-order chi connectivity index (χ0) is 19.6. The number of carbonyl (C=O) groups is 1. The summed E-state index contributed by atoms with van der Waals surface area (Å²) in [6, 6.07) is 10.7. The molecule has 152 valence electrons. The molecule has 29 heavy (non-hydrogen) atoms. The number of anilines is 1. The maximum absolute atomic E-state index is 12.7. The number of nitrogens with one attached hydrogen (secondary N) is 1. The Bertz CT molecular complexity index is 957. The van der Waals surface area contributed by atoms with E-state index < -0.39 is 0 Å².